The highest BCUT2D eigenvalue weighted by Crippen LogP contribution is 2.37. The van der Waals surface area contributed by atoms with E-state index in [-0.39, 0.29) is 12.7 Å². The lowest BCUT2D eigenvalue weighted by Gasteiger charge is -2.31. The third-order valence-electron chi connectivity index (χ3n) is 5.81. The van der Waals surface area contributed by atoms with Gasteiger partial charge >= 0.3 is 0 Å². The lowest BCUT2D eigenvalue weighted by atomic mass is 9.96. The molecule has 3 aromatic carbocycles. The predicted octanol–water partition coefficient (Wildman–Crippen LogP) is 2.80. The monoisotopic (exact) mass is 420 g/mol. The number of nitrogens with two attached hydrogens (primary N) is 1. The molecule has 6 heteroatoms. The van der Waals surface area contributed by atoms with Crippen molar-refractivity contribution in [1.82, 2.24) is 4.90 Å². The Morgan fingerprint density at radius 1 is 1.06 bits per heavy atom. The number of aliphatic hydroxyl groups is 2. The summed E-state index contributed by atoms with van der Waals surface area (Å²) in [6.07, 6.45) is 0.616. The highest BCUT2D eigenvalue weighted by Gasteiger charge is 2.20. The van der Waals surface area contributed by atoms with Crippen LogP contribution in [0.15, 0.2) is 60.7 Å². The lowest BCUT2D eigenvalue weighted by molar-refractivity contribution is 0.0339. The van der Waals surface area contributed by atoms with Gasteiger partial charge in [-0.25, -0.2) is 0 Å². The number of benzene rings is 3. The molecule has 0 bridgehead atoms. The fourth-order valence-corrected chi connectivity index (χ4v) is 4.11. The molecule has 1 aliphatic rings. The van der Waals surface area contributed by atoms with Crippen LogP contribution < -0.4 is 10.5 Å². The van der Waals surface area contributed by atoms with Gasteiger partial charge in [0, 0.05) is 30.8 Å². The van der Waals surface area contributed by atoms with E-state index in [1.165, 1.54) is 0 Å². The Morgan fingerprint density at radius 3 is 2.48 bits per heavy atom. The molecule has 1 fully saturated rings. The quantitative estimate of drug-likeness (QED) is 0.546. The van der Waals surface area contributed by atoms with Crippen molar-refractivity contribution in [2.45, 2.75) is 25.0 Å². The second-order valence-corrected chi connectivity index (χ2v) is 8.10. The summed E-state index contributed by atoms with van der Waals surface area (Å²) >= 11 is 0. The van der Waals surface area contributed by atoms with Gasteiger partial charge in [0.15, 0.2) is 0 Å². The van der Waals surface area contributed by atoms with Crippen molar-refractivity contribution in [3.05, 3.63) is 66.2 Å². The number of fused-ring (bicyclic) bond motifs is 1. The molecular formula is C25H28N2O4. The molecule has 0 aromatic heterocycles. The van der Waals surface area contributed by atoms with Gasteiger partial charge in [0.25, 0.3) is 0 Å². The van der Waals surface area contributed by atoms with Crippen molar-refractivity contribution >= 4 is 16.7 Å². The van der Waals surface area contributed by atoms with Gasteiger partial charge in [-0.15, -0.1) is 0 Å². The molecule has 0 spiro atoms. The van der Waals surface area contributed by atoms with Crippen molar-refractivity contribution in [2.75, 3.05) is 26.2 Å². The molecule has 3 aromatic rings. The minimum atomic E-state index is -0.633. The van der Waals surface area contributed by atoms with Crippen LogP contribution in [-0.2, 0) is 0 Å². The zero-order valence-electron chi connectivity index (χ0n) is 17.4. The van der Waals surface area contributed by atoms with E-state index >= 15 is 0 Å². The smallest absolute Gasteiger partial charge is 0.248 e. The molecule has 162 valence electrons. The van der Waals surface area contributed by atoms with Gasteiger partial charge in [0.2, 0.25) is 5.91 Å². The first-order chi connectivity index (χ1) is 15.0. The Morgan fingerprint density at radius 2 is 1.77 bits per heavy atom. The van der Waals surface area contributed by atoms with Crippen molar-refractivity contribution in [1.29, 1.82) is 0 Å². The van der Waals surface area contributed by atoms with Crippen LogP contribution in [-0.4, -0.2) is 59.5 Å². The molecule has 0 radical (unpaired) electrons. The topological polar surface area (TPSA) is 96.0 Å². The Bertz CT molecular complexity index is 1040. The van der Waals surface area contributed by atoms with E-state index in [9.17, 15) is 15.0 Å². The summed E-state index contributed by atoms with van der Waals surface area (Å²) in [5.41, 5.74) is 7.66. The van der Waals surface area contributed by atoms with Crippen LogP contribution >= 0.6 is 0 Å². The van der Waals surface area contributed by atoms with E-state index in [1.54, 1.807) is 12.1 Å². The third kappa shape index (κ3) is 5.05. The Labute approximate surface area is 181 Å². The van der Waals surface area contributed by atoms with Crippen LogP contribution in [0.1, 0.15) is 23.2 Å². The molecule has 1 unspecified atom stereocenters. The number of ether oxygens (including phenoxy) is 1. The summed E-state index contributed by atoms with van der Waals surface area (Å²) < 4.78 is 6.08. The number of β-amino-alcohol motifs (C(OH)–C–C–N with tert-alkyl or cyclic N) is 1. The van der Waals surface area contributed by atoms with Gasteiger partial charge in [0.05, 0.1) is 6.10 Å². The van der Waals surface area contributed by atoms with E-state index in [0.29, 0.717) is 17.9 Å². The highest BCUT2D eigenvalue weighted by molar-refractivity contribution is 6.00. The number of rotatable bonds is 7. The summed E-state index contributed by atoms with van der Waals surface area (Å²) in [5.74, 6) is 0.216. The Kier molecular flexibility index (Phi) is 6.51. The first kappa shape index (κ1) is 21.3. The predicted molar refractivity (Wildman–Crippen MR) is 121 cm³/mol. The van der Waals surface area contributed by atoms with E-state index < -0.39 is 12.0 Å². The molecule has 1 aliphatic heterocycles. The van der Waals surface area contributed by atoms with Crippen molar-refractivity contribution < 1.29 is 19.7 Å². The number of hydrogen-bond acceptors (Lipinski definition) is 5. The average molecular weight is 421 g/mol. The van der Waals surface area contributed by atoms with Gasteiger partial charge < -0.3 is 25.6 Å². The van der Waals surface area contributed by atoms with Crippen LogP contribution in [0.2, 0.25) is 0 Å². The van der Waals surface area contributed by atoms with Crippen LogP contribution in [0.5, 0.6) is 5.75 Å². The number of carbonyl (C=O) groups excluding carboxylic acids is 1. The van der Waals surface area contributed by atoms with Crippen LogP contribution in [0, 0.1) is 0 Å². The van der Waals surface area contributed by atoms with Gasteiger partial charge in [-0.05, 0) is 47.4 Å². The Hall–Kier alpha value is -2.93. The van der Waals surface area contributed by atoms with Gasteiger partial charge in [-0.2, -0.15) is 0 Å². The lowest BCUT2D eigenvalue weighted by Crippen LogP contribution is -2.41. The number of piperidine rings is 1. The maximum absolute atomic E-state index is 11.4. The van der Waals surface area contributed by atoms with E-state index in [4.69, 9.17) is 10.5 Å². The zero-order valence-corrected chi connectivity index (χ0v) is 17.4. The number of primary amides is 1. The fourth-order valence-electron chi connectivity index (χ4n) is 4.11. The molecular weight excluding hydrogens is 392 g/mol. The second-order valence-electron chi connectivity index (χ2n) is 8.10. The molecule has 0 aliphatic carbocycles. The maximum Gasteiger partial charge on any atom is 0.248 e. The summed E-state index contributed by atoms with van der Waals surface area (Å²) in [6.45, 7) is 2.25. The van der Waals surface area contributed by atoms with E-state index in [2.05, 4.69) is 4.90 Å². The molecule has 6 nitrogen and oxygen atoms in total. The van der Waals surface area contributed by atoms with Crippen molar-refractivity contribution in [3.63, 3.8) is 0 Å². The zero-order chi connectivity index (χ0) is 21.8. The van der Waals surface area contributed by atoms with Crippen LogP contribution in [0.3, 0.4) is 0 Å². The molecule has 1 heterocycles. The molecule has 31 heavy (non-hydrogen) atoms. The molecule has 4 rings (SSSR count). The summed E-state index contributed by atoms with van der Waals surface area (Å²) in [4.78, 5) is 13.6. The number of likely N-dealkylation sites (tertiary alicyclic amines) is 1. The molecule has 1 amide bonds. The Balaban J connectivity index is 1.56. The normalized spacial score (nSPS) is 16.3. The number of hydrogen-bond donors (Lipinski definition) is 3. The van der Waals surface area contributed by atoms with Crippen molar-refractivity contribution in [2.24, 2.45) is 5.73 Å². The number of nitrogens with zero attached hydrogens (tertiary/aromatic N) is 1. The van der Waals surface area contributed by atoms with Crippen molar-refractivity contribution in [3.8, 4) is 16.9 Å². The minimum absolute atomic E-state index is 0.170. The first-order valence-electron chi connectivity index (χ1n) is 10.6. The summed E-state index contributed by atoms with van der Waals surface area (Å²) in [6, 6.07) is 19.1. The van der Waals surface area contributed by atoms with Gasteiger partial charge in [-0.1, -0.05) is 42.5 Å². The third-order valence-corrected chi connectivity index (χ3v) is 5.81. The maximum atomic E-state index is 11.4. The summed E-state index contributed by atoms with van der Waals surface area (Å²) in [5, 5.41) is 22.3. The standard InChI is InChI=1S/C25H28N2O4/c26-25(30)19-7-5-18(6-8-19)24-22-4-2-1-3-17(22)9-10-23(24)31-16-21(29)15-27-13-11-20(28)12-14-27/h1-10,20-21,28-29H,11-16H2,(H2,26,30). The second kappa shape index (κ2) is 9.47. The molecule has 1 atom stereocenters. The van der Waals surface area contributed by atoms with E-state index in [1.807, 2.05) is 48.5 Å². The first-order valence-corrected chi connectivity index (χ1v) is 10.6. The molecule has 4 N–H and O–H groups in total. The molecule has 1 saturated heterocycles. The van der Waals surface area contributed by atoms with Crippen LogP contribution in [0.4, 0.5) is 0 Å². The van der Waals surface area contributed by atoms with Crippen LogP contribution in [0.25, 0.3) is 21.9 Å². The number of carbonyl (C=O) groups is 1. The number of aliphatic hydroxyl groups excluding tert-OH is 2. The largest absolute Gasteiger partial charge is 0.490 e. The van der Waals surface area contributed by atoms with E-state index in [0.717, 1.165) is 47.8 Å². The summed E-state index contributed by atoms with van der Waals surface area (Å²) in [7, 11) is 0. The highest BCUT2D eigenvalue weighted by atomic mass is 16.5. The fraction of sp³-hybridized carbons (Fsp3) is 0.320. The average Bonchev–Trinajstić information content (AvgIpc) is 2.79. The molecule has 0 saturated carbocycles. The SMILES string of the molecule is NC(=O)c1ccc(-c2c(OCC(O)CN3CCC(O)CC3)ccc3ccccc23)cc1. The number of amides is 1. The minimum Gasteiger partial charge on any atom is -0.490 e. The van der Waals surface area contributed by atoms with Gasteiger partial charge in [0.1, 0.15) is 18.5 Å². The van der Waals surface area contributed by atoms with Gasteiger partial charge in [-0.3, -0.25) is 4.79 Å².